The van der Waals surface area contributed by atoms with E-state index in [-0.39, 0.29) is 18.3 Å². The SMILES string of the molecule is CCN[C@H](C)CNC(=O)CCCOc1cccc(Br)c1.Cl. The molecule has 1 aromatic carbocycles. The topological polar surface area (TPSA) is 50.4 Å². The van der Waals surface area contributed by atoms with Gasteiger partial charge in [-0.3, -0.25) is 4.79 Å². The van der Waals surface area contributed by atoms with E-state index in [0.29, 0.717) is 32.0 Å². The van der Waals surface area contributed by atoms with Gasteiger partial charge >= 0.3 is 0 Å². The van der Waals surface area contributed by atoms with Gasteiger partial charge in [-0.15, -0.1) is 12.4 Å². The molecule has 0 fully saturated rings. The predicted molar refractivity (Wildman–Crippen MR) is 92.3 cm³/mol. The molecule has 0 radical (unpaired) electrons. The minimum Gasteiger partial charge on any atom is -0.494 e. The molecule has 0 unspecified atom stereocenters. The number of benzene rings is 1. The zero-order chi connectivity index (χ0) is 14.8. The Bertz CT molecular complexity index is 418. The number of ether oxygens (including phenoxy) is 1. The molecule has 21 heavy (non-hydrogen) atoms. The van der Waals surface area contributed by atoms with Crippen LogP contribution in [0.1, 0.15) is 26.7 Å². The van der Waals surface area contributed by atoms with Crippen LogP contribution >= 0.6 is 28.3 Å². The van der Waals surface area contributed by atoms with E-state index in [1.165, 1.54) is 0 Å². The molecule has 1 atom stereocenters. The zero-order valence-corrected chi connectivity index (χ0v) is 14.9. The van der Waals surface area contributed by atoms with Gasteiger partial charge in [-0.2, -0.15) is 0 Å². The molecule has 0 aliphatic heterocycles. The lowest BCUT2D eigenvalue weighted by Crippen LogP contribution is -2.38. The van der Waals surface area contributed by atoms with Crippen LogP contribution in [0.4, 0.5) is 0 Å². The molecule has 1 aromatic rings. The van der Waals surface area contributed by atoms with Crippen LogP contribution < -0.4 is 15.4 Å². The molecule has 0 aliphatic rings. The molecule has 120 valence electrons. The third kappa shape index (κ3) is 9.72. The Morgan fingerprint density at radius 1 is 1.43 bits per heavy atom. The number of carbonyl (C=O) groups excluding carboxylic acids is 1. The van der Waals surface area contributed by atoms with Gasteiger partial charge in [0, 0.05) is 23.5 Å². The second-order valence-corrected chi connectivity index (χ2v) is 5.59. The molecule has 1 rings (SSSR count). The number of carbonyl (C=O) groups is 1. The lowest BCUT2D eigenvalue weighted by Gasteiger charge is -2.13. The van der Waals surface area contributed by atoms with E-state index in [9.17, 15) is 4.79 Å². The molecular weight excluding hydrogens is 356 g/mol. The highest BCUT2D eigenvalue weighted by atomic mass is 79.9. The summed E-state index contributed by atoms with van der Waals surface area (Å²) in [5, 5.41) is 6.16. The smallest absolute Gasteiger partial charge is 0.220 e. The molecule has 0 saturated heterocycles. The van der Waals surface area contributed by atoms with E-state index in [2.05, 4.69) is 40.4 Å². The van der Waals surface area contributed by atoms with Gasteiger partial charge in [-0.25, -0.2) is 0 Å². The maximum absolute atomic E-state index is 11.6. The highest BCUT2D eigenvalue weighted by Gasteiger charge is 2.04. The number of halogens is 2. The Labute approximate surface area is 141 Å². The summed E-state index contributed by atoms with van der Waals surface area (Å²) in [5.74, 6) is 0.896. The van der Waals surface area contributed by atoms with E-state index >= 15 is 0 Å². The minimum absolute atomic E-state index is 0. The van der Waals surface area contributed by atoms with Crippen LogP contribution in [-0.2, 0) is 4.79 Å². The molecule has 6 heteroatoms. The van der Waals surface area contributed by atoms with Crippen LogP contribution in [0.5, 0.6) is 5.75 Å². The van der Waals surface area contributed by atoms with Crippen molar-refractivity contribution in [1.29, 1.82) is 0 Å². The molecule has 4 nitrogen and oxygen atoms in total. The first-order valence-corrected chi connectivity index (χ1v) is 7.79. The van der Waals surface area contributed by atoms with Gasteiger partial charge in [0.15, 0.2) is 0 Å². The van der Waals surface area contributed by atoms with Gasteiger partial charge in [0.05, 0.1) is 6.61 Å². The Hall–Kier alpha value is -0.780. The van der Waals surface area contributed by atoms with Crippen molar-refractivity contribution >= 4 is 34.2 Å². The molecule has 0 aliphatic carbocycles. The largest absolute Gasteiger partial charge is 0.494 e. The Balaban J connectivity index is 0.00000400. The lowest BCUT2D eigenvalue weighted by atomic mass is 10.3. The summed E-state index contributed by atoms with van der Waals surface area (Å²) < 4.78 is 6.57. The summed E-state index contributed by atoms with van der Waals surface area (Å²) in [4.78, 5) is 11.6. The fourth-order valence-corrected chi connectivity index (χ4v) is 2.13. The van der Waals surface area contributed by atoms with Crippen LogP contribution in [0.15, 0.2) is 28.7 Å². The van der Waals surface area contributed by atoms with E-state index in [1.54, 1.807) is 0 Å². The molecule has 0 saturated carbocycles. The van der Waals surface area contributed by atoms with Crippen molar-refractivity contribution in [2.45, 2.75) is 32.7 Å². The lowest BCUT2D eigenvalue weighted by molar-refractivity contribution is -0.121. The fourth-order valence-electron chi connectivity index (χ4n) is 1.76. The third-order valence-corrected chi connectivity index (χ3v) is 3.26. The van der Waals surface area contributed by atoms with E-state index in [1.807, 2.05) is 24.3 Å². The number of nitrogens with one attached hydrogen (secondary N) is 2. The summed E-state index contributed by atoms with van der Waals surface area (Å²) in [6, 6.07) is 8.00. The average molecular weight is 380 g/mol. The highest BCUT2D eigenvalue weighted by molar-refractivity contribution is 9.10. The van der Waals surface area contributed by atoms with E-state index in [0.717, 1.165) is 16.8 Å². The van der Waals surface area contributed by atoms with Crippen molar-refractivity contribution < 1.29 is 9.53 Å². The maximum atomic E-state index is 11.6. The summed E-state index contributed by atoms with van der Waals surface area (Å²) in [6.45, 7) is 6.24. The summed E-state index contributed by atoms with van der Waals surface area (Å²) >= 11 is 3.39. The molecule has 0 bridgehead atoms. The predicted octanol–water partition coefficient (Wildman–Crippen LogP) is 3.14. The molecule has 0 aromatic heterocycles. The van der Waals surface area contributed by atoms with Crippen LogP contribution in [0, 0.1) is 0 Å². The second-order valence-electron chi connectivity index (χ2n) is 4.67. The number of hydrogen-bond donors (Lipinski definition) is 2. The quantitative estimate of drug-likeness (QED) is 0.648. The average Bonchev–Trinajstić information content (AvgIpc) is 2.42. The van der Waals surface area contributed by atoms with Crippen molar-refractivity contribution in [2.75, 3.05) is 19.7 Å². The first-order chi connectivity index (χ1) is 9.61. The Morgan fingerprint density at radius 3 is 2.86 bits per heavy atom. The molecule has 1 amide bonds. The molecule has 2 N–H and O–H groups in total. The minimum atomic E-state index is 0. The van der Waals surface area contributed by atoms with Crippen molar-refractivity contribution in [1.82, 2.24) is 10.6 Å². The third-order valence-electron chi connectivity index (χ3n) is 2.77. The normalized spacial score (nSPS) is 11.4. The highest BCUT2D eigenvalue weighted by Crippen LogP contribution is 2.17. The van der Waals surface area contributed by atoms with Crippen LogP contribution in [-0.4, -0.2) is 31.6 Å². The number of amides is 1. The second kappa shape index (κ2) is 11.8. The molecule has 0 spiro atoms. The first-order valence-electron chi connectivity index (χ1n) is 7.00. The Morgan fingerprint density at radius 2 is 2.19 bits per heavy atom. The van der Waals surface area contributed by atoms with Gasteiger partial charge in [0.2, 0.25) is 5.91 Å². The zero-order valence-electron chi connectivity index (χ0n) is 12.5. The van der Waals surface area contributed by atoms with E-state index in [4.69, 9.17) is 4.74 Å². The van der Waals surface area contributed by atoms with Crippen LogP contribution in [0.3, 0.4) is 0 Å². The van der Waals surface area contributed by atoms with Crippen LogP contribution in [0.25, 0.3) is 0 Å². The monoisotopic (exact) mass is 378 g/mol. The summed E-state index contributed by atoms with van der Waals surface area (Å²) in [6.07, 6.45) is 1.21. The Kier molecular flexibility index (Phi) is 11.4. The number of likely N-dealkylation sites (N-methyl/N-ethyl adjacent to an activating group) is 1. The first kappa shape index (κ1) is 20.2. The van der Waals surface area contributed by atoms with Gasteiger partial charge in [0.25, 0.3) is 0 Å². The van der Waals surface area contributed by atoms with Crippen molar-refractivity contribution in [3.05, 3.63) is 28.7 Å². The van der Waals surface area contributed by atoms with Gasteiger partial charge in [0.1, 0.15) is 5.75 Å². The molecule has 0 heterocycles. The number of hydrogen-bond acceptors (Lipinski definition) is 3. The van der Waals surface area contributed by atoms with Gasteiger partial charge in [-0.1, -0.05) is 28.9 Å². The van der Waals surface area contributed by atoms with Crippen molar-refractivity contribution in [2.24, 2.45) is 0 Å². The van der Waals surface area contributed by atoms with Gasteiger partial charge in [-0.05, 0) is 38.1 Å². The van der Waals surface area contributed by atoms with Gasteiger partial charge < -0.3 is 15.4 Å². The summed E-state index contributed by atoms with van der Waals surface area (Å²) in [7, 11) is 0. The number of rotatable bonds is 9. The van der Waals surface area contributed by atoms with Crippen molar-refractivity contribution in [3.8, 4) is 5.75 Å². The standard InChI is InChI=1S/C15H23BrN2O2.ClH/c1-3-17-12(2)11-18-15(19)8-5-9-20-14-7-4-6-13(16)10-14;/h4,6-7,10,12,17H,3,5,8-9,11H2,1-2H3,(H,18,19);1H/t12-;/m1./s1. The molecular formula is C15H24BrClN2O2. The maximum Gasteiger partial charge on any atom is 0.220 e. The fraction of sp³-hybridized carbons (Fsp3) is 0.533. The van der Waals surface area contributed by atoms with Crippen LogP contribution in [0.2, 0.25) is 0 Å². The van der Waals surface area contributed by atoms with Crippen molar-refractivity contribution in [3.63, 3.8) is 0 Å². The van der Waals surface area contributed by atoms with E-state index < -0.39 is 0 Å². The summed E-state index contributed by atoms with van der Waals surface area (Å²) in [5.41, 5.74) is 0.